The van der Waals surface area contributed by atoms with Gasteiger partial charge >= 0.3 is 0 Å². The van der Waals surface area contributed by atoms with Crippen molar-refractivity contribution in [3.63, 3.8) is 0 Å². The molecule has 1 rings (SSSR count). The second kappa shape index (κ2) is 5.27. The first-order chi connectivity index (χ1) is 5.43. The highest BCUT2D eigenvalue weighted by Gasteiger charge is 1.91. The fourth-order valence-electron chi connectivity index (χ4n) is 0.858. The second-order valence-electron chi connectivity index (χ2n) is 2.27. The van der Waals surface area contributed by atoms with E-state index in [4.69, 9.17) is 0 Å². The van der Waals surface area contributed by atoms with E-state index in [-0.39, 0.29) is 6.67 Å². The van der Waals surface area contributed by atoms with Gasteiger partial charge in [-0.25, -0.2) is 4.39 Å². The number of hydrogen-bond donors (Lipinski definition) is 1. The van der Waals surface area contributed by atoms with Gasteiger partial charge in [0, 0.05) is 18.0 Å². The molecule has 1 aromatic rings. The lowest BCUT2D eigenvalue weighted by molar-refractivity contribution is 0.468. The van der Waals surface area contributed by atoms with Gasteiger partial charge in [0.15, 0.2) is 0 Å². The summed E-state index contributed by atoms with van der Waals surface area (Å²) in [5.74, 6) is 0. The van der Waals surface area contributed by atoms with Gasteiger partial charge in [-0.2, -0.15) is 0 Å². The molecule has 0 spiro atoms. The van der Waals surface area contributed by atoms with Gasteiger partial charge in [0.25, 0.3) is 0 Å². The lowest BCUT2D eigenvalue weighted by atomic mass is 10.3. The third-order valence-electron chi connectivity index (χ3n) is 1.40. The second-order valence-corrected chi connectivity index (χ2v) is 3.30. The van der Waals surface area contributed by atoms with Crippen LogP contribution in [0.15, 0.2) is 17.5 Å². The van der Waals surface area contributed by atoms with E-state index >= 15 is 0 Å². The number of hydrogen-bond acceptors (Lipinski definition) is 2. The predicted octanol–water partition coefficient (Wildman–Crippen LogP) is 1.85. The zero-order chi connectivity index (χ0) is 7.94. The number of halogens is 1. The first-order valence-corrected chi connectivity index (χ1v) is 4.60. The summed E-state index contributed by atoms with van der Waals surface area (Å²) in [6, 6.07) is 4.14. The first kappa shape index (κ1) is 8.68. The molecule has 0 amide bonds. The van der Waals surface area contributed by atoms with E-state index < -0.39 is 0 Å². The standard InChI is InChI=1S/C8H12FNS/c9-4-6-10-5-3-8-2-1-7-11-8/h1-2,7,10H,3-6H2. The highest BCUT2D eigenvalue weighted by molar-refractivity contribution is 7.09. The Morgan fingerprint density at radius 3 is 3.00 bits per heavy atom. The third kappa shape index (κ3) is 3.49. The molecular formula is C8H12FNS. The third-order valence-corrected chi connectivity index (χ3v) is 2.34. The van der Waals surface area contributed by atoms with E-state index in [1.807, 2.05) is 6.07 Å². The Morgan fingerprint density at radius 1 is 1.45 bits per heavy atom. The van der Waals surface area contributed by atoms with Crippen LogP contribution in [0, 0.1) is 0 Å². The van der Waals surface area contributed by atoms with Crippen LogP contribution >= 0.6 is 11.3 Å². The van der Waals surface area contributed by atoms with Crippen LogP contribution in [0.25, 0.3) is 0 Å². The molecule has 0 bridgehead atoms. The van der Waals surface area contributed by atoms with Gasteiger partial charge in [-0.15, -0.1) is 11.3 Å². The molecule has 0 aliphatic rings. The average Bonchev–Trinajstić information content (AvgIpc) is 2.50. The van der Waals surface area contributed by atoms with Crippen molar-refractivity contribution in [2.24, 2.45) is 0 Å². The van der Waals surface area contributed by atoms with Gasteiger partial charge in [0.2, 0.25) is 0 Å². The average molecular weight is 173 g/mol. The molecule has 0 radical (unpaired) electrons. The van der Waals surface area contributed by atoms with Gasteiger partial charge in [0.05, 0.1) is 0 Å². The van der Waals surface area contributed by atoms with E-state index in [1.165, 1.54) is 4.88 Å². The Hall–Kier alpha value is -0.410. The van der Waals surface area contributed by atoms with Crippen molar-refractivity contribution in [1.29, 1.82) is 0 Å². The van der Waals surface area contributed by atoms with E-state index in [0.717, 1.165) is 13.0 Å². The summed E-state index contributed by atoms with van der Waals surface area (Å²) in [5.41, 5.74) is 0. The van der Waals surface area contributed by atoms with Crippen LogP contribution in [0.3, 0.4) is 0 Å². The minimum absolute atomic E-state index is 0.273. The molecule has 1 heterocycles. The van der Waals surface area contributed by atoms with Gasteiger partial charge in [-0.05, 0) is 17.9 Å². The molecule has 1 nitrogen and oxygen atoms in total. The van der Waals surface area contributed by atoms with Crippen molar-refractivity contribution in [3.8, 4) is 0 Å². The van der Waals surface area contributed by atoms with E-state index in [9.17, 15) is 4.39 Å². The molecule has 1 N–H and O–H groups in total. The van der Waals surface area contributed by atoms with Crippen molar-refractivity contribution < 1.29 is 4.39 Å². The molecule has 0 saturated carbocycles. The number of nitrogens with one attached hydrogen (secondary N) is 1. The van der Waals surface area contributed by atoms with Gasteiger partial charge in [-0.1, -0.05) is 6.07 Å². The summed E-state index contributed by atoms with van der Waals surface area (Å²) < 4.78 is 11.6. The summed E-state index contributed by atoms with van der Waals surface area (Å²) in [7, 11) is 0. The van der Waals surface area contributed by atoms with Crippen LogP contribution in [0.5, 0.6) is 0 Å². The Bertz CT molecular complexity index is 174. The molecule has 11 heavy (non-hydrogen) atoms. The Morgan fingerprint density at radius 2 is 2.36 bits per heavy atom. The SMILES string of the molecule is FCCNCCc1cccs1. The topological polar surface area (TPSA) is 12.0 Å². The summed E-state index contributed by atoms with van der Waals surface area (Å²) in [5, 5.41) is 5.07. The summed E-state index contributed by atoms with van der Waals surface area (Å²) in [4.78, 5) is 1.36. The van der Waals surface area contributed by atoms with Crippen LogP contribution < -0.4 is 5.32 Å². The zero-order valence-electron chi connectivity index (χ0n) is 6.35. The van der Waals surface area contributed by atoms with Crippen molar-refractivity contribution in [2.45, 2.75) is 6.42 Å². The fraction of sp³-hybridized carbons (Fsp3) is 0.500. The molecule has 0 aliphatic heterocycles. The lowest BCUT2D eigenvalue weighted by Crippen LogP contribution is -2.19. The normalized spacial score (nSPS) is 10.3. The van der Waals surface area contributed by atoms with E-state index in [1.54, 1.807) is 11.3 Å². The van der Waals surface area contributed by atoms with Crippen molar-refractivity contribution >= 4 is 11.3 Å². The van der Waals surface area contributed by atoms with Gasteiger partial charge < -0.3 is 5.32 Å². The van der Waals surface area contributed by atoms with E-state index in [2.05, 4.69) is 16.8 Å². The van der Waals surface area contributed by atoms with E-state index in [0.29, 0.717) is 6.54 Å². The Balaban J connectivity index is 2.04. The highest BCUT2D eigenvalue weighted by Crippen LogP contribution is 2.07. The van der Waals surface area contributed by atoms with Gasteiger partial charge in [-0.3, -0.25) is 0 Å². The first-order valence-electron chi connectivity index (χ1n) is 3.72. The monoisotopic (exact) mass is 173 g/mol. The number of alkyl halides is 1. The predicted molar refractivity (Wildman–Crippen MR) is 46.9 cm³/mol. The molecular weight excluding hydrogens is 161 g/mol. The molecule has 0 unspecified atom stereocenters. The molecule has 0 aliphatic carbocycles. The summed E-state index contributed by atoms with van der Waals surface area (Å²) in [6.45, 7) is 1.08. The molecule has 3 heteroatoms. The molecule has 0 fully saturated rings. The number of rotatable bonds is 5. The molecule has 0 aromatic carbocycles. The fourth-order valence-corrected chi connectivity index (χ4v) is 1.57. The van der Waals surface area contributed by atoms with Crippen LogP contribution in [0.2, 0.25) is 0 Å². The molecule has 1 aromatic heterocycles. The maximum Gasteiger partial charge on any atom is 0.102 e. The molecule has 0 saturated heterocycles. The maximum absolute atomic E-state index is 11.6. The van der Waals surface area contributed by atoms with Crippen LogP contribution in [0.1, 0.15) is 4.88 Å². The van der Waals surface area contributed by atoms with Crippen LogP contribution in [-0.4, -0.2) is 19.8 Å². The Labute approximate surface area is 70.2 Å². The zero-order valence-corrected chi connectivity index (χ0v) is 7.16. The molecule has 0 atom stereocenters. The highest BCUT2D eigenvalue weighted by atomic mass is 32.1. The lowest BCUT2D eigenvalue weighted by Gasteiger charge is -1.98. The van der Waals surface area contributed by atoms with Crippen LogP contribution in [0.4, 0.5) is 4.39 Å². The summed E-state index contributed by atoms with van der Waals surface area (Å²) in [6.07, 6.45) is 1.01. The molecule has 62 valence electrons. The number of thiophene rings is 1. The largest absolute Gasteiger partial charge is 0.314 e. The van der Waals surface area contributed by atoms with Crippen molar-refractivity contribution in [2.75, 3.05) is 19.8 Å². The quantitative estimate of drug-likeness (QED) is 0.670. The van der Waals surface area contributed by atoms with Gasteiger partial charge in [0.1, 0.15) is 6.67 Å². The van der Waals surface area contributed by atoms with Crippen LogP contribution in [-0.2, 0) is 6.42 Å². The van der Waals surface area contributed by atoms with Crippen molar-refractivity contribution in [3.05, 3.63) is 22.4 Å². The minimum Gasteiger partial charge on any atom is -0.314 e. The summed E-state index contributed by atoms with van der Waals surface area (Å²) >= 11 is 1.75. The maximum atomic E-state index is 11.6. The smallest absolute Gasteiger partial charge is 0.102 e. The minimum atomic E-state index is -0.273. The van der Waals surface area contributed by atoms with Crippen molar-refractivity contribution in [1.82, 2.24) is 5.32 Å². The Kier molecular flexibility index (Phi) is 4.16.